The number of carbonyl (C=O) groups excluding carboxylic acids is 8. The fourth-order valence-electron chi connectivity index (χ4n) is 11.9. The second-order valence-corrected chi connectivity index (χ2v) is 28.9. The maximum absolute atomic E-state index is 15.8. The monoisotopic (exact) mass is 1310 g/mol. The molecule has 7 rings (SSSR count). The lowest BCUT2D eigenvalue weighted by Gasteiger charge is -2.67. The molecule has 480 valence electrons. The van der Waals surface area contributed by atoms with Gasteiger partial charge < -0.3 is 83.4 Å². The fraction of sp³-hybridized carbons (Fsp3) is 0.509. The van der Waals surface area contributed by atoms with Crippen LogP contribution in [-0.4, -0.2) is 173 Å². The second-order valence-electron chi connectivity index (χ2n) is 22.2. The Morgan fingerprint density at radius 1 is 0.795 bits per heavy atom. The van der Waals surface area contributed by atoms with Crippen molar-refractivity contribution in [3.63, 3.8) is 0 Å². The Morgan fingerprint density at radius 3 is 1.91 bits per heavy atom. The Kier molecular flexibility index (Phi) is 22.0. The molecular formula is C57H70N2O25P2S2. The van der Waals surface area contributed by atoms with Crippen molar-refractivity contribution in [2.45, 2.75) is 126 Å². The van der Waals surface area contributed by atoms with E-state index in [1.165, 1.54) is 74.9 Å². The van der Waals surface area contributed by atoms with Gasteiger partial charge in [-0.3, -0.25) is 28.3 Å². The summed E-state index contributed by atoms with van der Waals surface area (Å²) in [6, 6.07) is 21.8. The topological polar surface area (TPSA) is 410 Å². The molecule has 2 saturated carbocycles. The maximum Gasteiger partial charge on any atom is 0.509 e. The smallest absolute Gasteiger partial charge is 0.455 e. The van der Waals surface area contributed by atoms with Crippen LogP contribution in [0.1, 0.15) is 99.5 Å². The van der Waals surface area contributed by atoms with Crippen LogP contribution in [0.25, 0.3) is 0 Å². The molecule has 2 bridgehead atoms. The van der Waals surface area contributed by atoms with Crippen molar-refractivity contribution in [2.75, 3.05) is 37.9 Å². The highest BCUT2D eigenvalue weighted by atomic mass is 33.1. The number of amides is 2. The van der Waals surface area contributed by atoms with E-state index >= 15 is 9.59 Å². The number of carbonyl (C=O) groups is 8. The summed E-state index contributed by atoms with van der Waals surface area (Å²) in [5, 5.41) is 37.6. The second kappa shape index (κ2) is 27.9. The molecule has 9 N–H and O–H groups in total. The molecule has 2 amide bonds. The van der Waals surface area contributed by atoms with E-state index in [0.717, 1.165) is 24.6 Å². The highest BCUT2D eigenvalue weighted by Gasteiger charge is 2.78. The van der Waals surface area contributed by atoms with E-state index < -0.39 is 165 Å². The molecule has 1 aliphatic heterocycles. The van der Waals surface area contributed by atoms with Gasteiger partial charge in [-0.25, -0.2) is 19.2 Å². The number of esters is 4. The van der Waals surface area contributed by atoms with Crippen molar-refractivity contribution in [3.8, 4) is 0 Å². The molecule has 88 heavy (non-hydrogen) atoms. The number of ketones is 1. The molecule has 1 heterocycles. The van der Waals surface area contributed by atoms with Crippen LogP contribution in [0, 0.1) is 16.7 Å². The molecule has 1 saturated heterocycles. The third-order valence-electron chi connectivity index (χ3n) is 16.4. The number of aliphatic hydroxyl groups is 3. The predicted molar refractivity (Wildman–Crippen MR) is 310 cm³/mol. The van der Waals surface area contributed by atoms with Crippen molar-refractivity contribution in [3.05, 3.63) is 119 Å². The lowest BCUT2D eigenvalue weighted by Crippen LogP contribution is -2.82. The molecular weight excluding hydrogens is 1240 g/mol. The van der Waals surface area contributed by atoms with E-state index in [4.69, 9.17) is 37.9 Å². The largest absolute Gasteiger partial charge is 0.509 e. The average Bonchev–Trinajstić information content (AvgIpc) is 0.678. The van der Waals surface area contributed by atoms with E-state index in [0.29, 0.717) is 0 Å². The minimum absolute atomic E-state index is 0.00661. The quantitative estimate of drug-likeness (QED) is 0.0145. The van der Waals surface area contributed by atoms with Gasteiger partial charge in [0.15, 0.2) is 17.5 Å². The van der Waals surface area contributed by atoms with E-state index in [-0.39, 0.29) is 65.5 Å². The molecule has 27 nitrogen and oxygen atoms in total. The van der Waals surface area contributed by atoms with Crippen LogP contribution in [-0.2, 0) is 66.2 Å². The van der Waals surface area contributed by atoms with Gasteiger partial charge in [0.1, 0.15) is 43.2 Å². The number of Topliss-reactive ketones (excluding diaryl/α,β-unsaturated/α-hetero) is 1. The minimum atomic E-state index is -5.68. The summed E-state index contributed by atoms with van der Waals surface area (Å²) < 4.78 is 70.2. The molecule has 0 spiro atoms. The van der Waals surface area contributed by atoms with Crippen molar-refractivity contribution < 1.29 is 120 Å². The Labute approximate surface area is 512 Å². The van der Waals surface area contributed by atoms with Gasteiger partial charge in [-0.1, -0.05) is 102 Å². The number of nitrogens with one attached hydrogen (secondary N) is 2. The fourth-order valence-corrected chi connectivity index (χ4v) is 15.8. The van der Waals surface area contributed by atoms with Crippen LogP contribution in [0.2, 0.25) is 0 Å². The molecule has 0 radical (unpaired) electrons. The van der Waals surface area contributed by atoms with Crippen LogP contribution in [0.5, 0.6) is 0 Å². The summed E-state index contributed by atoms with van der Waals surface area (Å²) >= 11 is 0. The van der Waals surface area contributed by atoms with Crippen LogP contribution in [0.15, 0.2) is 102 Å². The van der Waals surface area contributed by atoms with E-state index in [9.17, 15) is 72.8 Å². The summed E-state index contributed by atoms with van der Waals surface area (Å²) in [7, 11) is -9.04. The first-order valence-electron chi connectivity index (χ1n) is 27.6. The van der Waals surface area contributed by atoms with Gasteiger partial charge in [-0.15, -0.1) is 0 Å². The number of rotatable bonds is 24. The van der Waals surface area contributed by atoms with Crippen LogP contribution in [0.4, 0.5) is 9.59 Å². The molecule has 0 aromatic heterocycles. The molecule has 0 unspecified atom stereocenters. The highest BCUT2D eigenvalue weighted by Crippen LogP contribution is 2.69. The van der Waals surface area contributed by atoms with Crippen LogP contribution < -0.4 is 10.6 Å². The first-order chi connectivity index (χ1) is 41.2. The zero-order chi connectivity index (χ0) is 64.8. The highest BCUT2D eigenvalue weighted by molar-refractivity contribution is 8.76. The van der Waals surface area contributed by atoms with E-state index in [1.807, 2.05) is 0 Å². The zero-order valence-corrected chi connectivity index (χ0v) is 52.0. The summed E-state index contributed by atoms with van der Waals surface area (Å²) in [5.41, 5.74) is -8.14. The molecule has 3 aromatic rings. The van der Waals surface area contributed by atoms with Crippen molar-refractivity contribution in [1.29, 1.82) is 0 Å². The van der Waals surface area contributed by atoms with Crippen molar-refractivity contribution in [2.24, 2.45) is 16.7 Å². The van der Waals surface area contributed by atoms with Gasteiger partial charge in [0.05, 0.1) is 29.6 Å². The SMILES string of the molecule is CC(=O)O[C@H]1C(=O)[C@@]2(C)[C@H]([C@H](OC(=O)c3ccccc3)[C@]3(O)C[C@H](OC(=O)[C@H](OC(=O)OCCSSCCOC(=O)NCCCC(O)(P(=O)(O)O)P(=O)(O)O)[C@@H](NC(=O)c4ccccc4)c4ccccc4)C(C)=C1C3(C)C)[C@]1(OC(C)=O)CO[C@@H]1C[C@@H]2O. The van der Waals surface area contributed by atoms with Crippen LogP contribution >= 0.6 is 36.8 Å². The number of alkyl carbamates (subject to hydrolysis) is 1. The standard InChI is InChI=1S/C57H70N2O25P2S2/c1-32-38(30-56(69)47(83-49(65)37-21-14-9-15-22-37)45-54(6,39(62)29-40-55(45,31-79-40)84-34(3)61)46(63)43(80-33(2)60)41(32)53(56,4)5)81-50(66)44(42(35-17-10-7-11-18-35)59-48(64)36-19-12-8-13-20-36)82-52(68)78-26-28-88-87-27-25-77-51(67)58-24-16-23-57(70,85(71,72)73)86(74,75)76/h7-15,17-22,38-40,42-45,47,62,69-70H,16,23-31H2,1-6H3,(H,58,67)(H,59,64)(H2,71,72,73)(H2,74,75,76)/t38-,39-,40+,42-,43+,44+,45-,47-,54+,55-,56+/m0/s1. The molecule has 11 atom stereocenters. The maximum atomic E-state index is 15.8. The van der Waals surface area contributed by atoms with Gasteiger partial charge in [0, 0.05) is 62.1 Å². The first-order valence-corrected chi connectivity index (χ1v) is 33.3. The van der Waals surface area contributed by atoms with Gasteiger partial charge in [0.25, 0.3) is 11.0 Å². The number of hydrogen-bond donors (Lipinski definition) is 9. The zero-order valence-electron chi connectivity index (χ0n) is 48.5. The summed E-state index contributed by atoms with van der Waals surface area (Å²) in [6.45, 7) is 6.64. The molecule has 3 fully saturated rings. The normalized spacial score (nSPS) is 26.3. The first kappa shape index (κ1) is 69.3. The van der Waals surface area contributed by atoms with E-state index in [2.05, 4.69) is 10.6 Å². The van der Waals surface area contributed by atoms with Crippen LogP contribution in [0.3, 0.4) is 0 Å². The molecule has 31 heteroatoms. The molecule has 3 aliphatic carbocycles. The van der Waals surface area contributed by atoms with Gasteiger partial charge in [0.2, 0.25) is 6.10 Å². The van der Waals surface area contributed by atoms with Crippen molar-refractivity contribution >= 4 is 84.6 Å². The third-order valence-corrected chi connectivity index (χ3v) is 22.7. The predicted octanol–water partition coefficient (Wildman–Crippen LogP) is 4.79. The molecule has 4 aliphatic rings. The lowest BCUT2D eigenvalue weighted by atomic mass is 9.44. The lowest BCUT2D eigenvalue weighted by molar-refractivity contribution is -0.346. The van der Waals surface area contributed by atoms with Crippen molar-refractivity contribution in [1.82, 2.24) is 10.6 Å². The van der Waals surface area contributed by atoms with Gasteiger partial charge >= 0.3 is 51.3 Å². The number of benzene rings is 3. The molecule has 3 aromatic carbocycles. The van der Waals surface area contributed by atoms with Gasteiger partial charge in [-0.2, -0.15) is 0 Å². The summed E-state index contributed by atoms with van der Waals surface area (Å²) in [5.74, 6) is -7.29. The Bertz CT molecular complexity index is 3200. The number of fused-ring (bicyclic) bond motifs is 5. The number of aliphatic hydroxyl groups excluding tert-OH is 1. The minimum Gasteiger partial charge on any atom is -0.455 e. The van der Waals surface area contributed by atoms with Gasteiger partial charge in [-0.05, 0) is 61.2 Å². The van der Waals surface area contributed by atoms with E-state index in [1.54, 1.807) is 54.6 Å². The number of ether oxygens (including phenoxy) is 8. The summed E-state index contributed by atoms with van der Waals surface area (Å²) in [6.07, 6.45) is -15.4. The summed E-state index contributed by atoms with van der Waals surface area (Å²) in [4.78, 5) is 150. The third kappa shape index (κ3) is 14.4. The Morgan fingerprint density at radius 2 is 1.36 bits per heavy atom. The average molecular weight is 1310 g/mol. The Balaban J connectivity index is 1.17. The number of hydrogen-bond acceptors (Lipinski definition) is 23. The Hall–Kier alpha value is -6.20.